The quantitative estimate of drug-likeness (QED) is 0.379. The molecule has 0 atom stereocenters. The van der Waals surface area contributed by atoms with Crippen LogP contribution >= 0.6 is 0 Å². The minimum Gasteiger partial charge on any atom is -0.490 e. The third kappa shape index (κ3) is 5.15. The SMILES string of the molecule is CS(=O)(=O)N(C(=O)c1ccc2ccc(C(=N)N)cc2c1)c1ccc(OC2CCNCC2)cc1. The number of nitrogens with one attached hydrogen (secondary N) is 2. The van der Waals surface area contributed by atoms with Crippen molar-refractivity contribution in [3.8, 4) is 5.75 Å². The second-order valence-corrected chi connectivity index (χ2v) is 9.92. The lowest BCUT2D eigenvalue weighted by Crippen LogP contribution is -2.36. The van der Waals surface area contributed by atoms with Gasteiger partial charge in [-0.3, -0.25) is 10.2 Å². The number of hydrogen-bond donors (Lipinski definition) is 3. The first-order valence-electron chi connectivity index (χ1n) is 10.6. The highest BCUT2D eigenvalue weighted by Gasteiger charge is 2.27. The Morgan fingerprint density at radius 2 is 1.61 bits per heavy atom. The van der Waals surface area contributed by atoms with Crippen molar-refractivity contribution in [3.63, 3.8) is 0 Å². The Morgan fingerprint density at radius 1 is 1.00 bits per heavy atom. The van der Waals surface area contributed by atoms with Crippen molar-refractivity contribution in [2.24, 2.45) is 5.73 Å². The molecule has 3 aromatic carbocycles. The number of fused-ring (bicyclic) bond motifs is 1. The summed E-state index contributed by atoms with van der Waals surface area (Å²) in [5.74, 6) is -0.119. The number of nitrogen functional groups attached to an aromatic ring is 1. The van der Waals surface area contributed by atoms with E-state index >= 15 is 0 Å². The number of ether oxygens (including phenoxy) is 1. The van der Waals surface area contributed by atoms with Gasteiger partial charge < -0.3 is 15.8 Å². The van der Waals surface area contributed by atoms with Gasteiger partial charge >= 0.3 is 0 Å². The van der Waals surface area contributed by atoms with E-state index in [0.717, 1.165) is 41.9 Å². The topological polar surface area (TPSA) is 126 Å². The molecule has 1 aliphatic heterocycles. The van der Waals surface area contributed by atoms with Crippen molar-refractivity contribution in [2.75, 3.05) is 23.7 Å². The van der Waals surface area contributed by atoms with Crippen LogP contribution in [0.3, 0.4) is 0 Å². The van der Waals surface area contributed by atoms with Crippen molar-refractivity contribution >= 4 is 38.2 Å². The summed E-state index contributed by atoms with van der Waals surface area (Å²) in [6.45, 7) is 1.80. The number of carbonyl (C=O) groups is 1. The van der Waals surface area contributed by atoms with Crippen molar-refractivity contribution in [1.29, 1.82) is 5.41 Å². The van der Waals surface area contributed by atoms with Crippen LogP contribution in [0.2, 0.25) is 0 Å². The Bertz CT molecular complexity index is 1300. The smallest absolute Gasteiger partial charge is 0.272 e. The van der Waals surface area contributed by atoms with Gasteiger partial charge in [-0.2, -0.15) is 0 Å². The molecule has 0 unspecified atom stereocenters. The predicted octanol–water partition coefficient (Wildman–Crippen LogP) is 2.86. The first-order chi connectivity index (χ1) is 15.7. The average molecular weight is 467 g/mol. The van der Waals surface area contributed by atoms with E-state index in [-0.39, 0.29) is 23.2 Å². The molecule has 1 saturated heterocycles. The van der Waals surface area contributed by atoms with Crippen LogP contribution < -0.4 is 20.1 Å². The van der Waals surface area contributed by atoms with Gasteiger partial charge in [-0.15, -0.1) is 0 Å². The molecule has 3 aromatic rings. The Balaban J connectivity index is 1.63. The molecule has 0 radical (unpaired) electrons. The van der Waals surface area contributed by atoms with Crippen molar-refractivity contribution < 1.29 is 17.9 Å². The van der Waals surface area contributed by atoms with Crippen LogP contribution in [0.1, 0.15) is 28.8 Å². The van der Waals surface area contributed by atoms with E-state index < -0.39 is 15.9 Å². The summed E-state index contributed by atoms with van der Waals surface area (Å²) in [5.41, 5.74) is 6.54. The van der Waals surface area contributed by atoms with E-state index in [2.05, 4.69) is 5.32 Å². The molecule has 1 aliphatic rings. The standard InChI is InChI=1S/C24H26N4O4S/c1-33(30,31)28(20-6-8-21(9-7-20)32-22-10-12-27-13-11-22)24(29)18-5-3-16-2-4-17(23(25)26)14-19(16)15-18/h2-9,14-15,22,27H,10-13H2,1H3,(H3,25,26). The van der Waals surface area contributed by atoms with E-state index in [1.807, 2.05) is 0 Å². The van der Waals surface area contributed by atoms with Crippen LogP contribution in [0.25, 0.3) is 10.8 Å². The Kier molecular flexibility index (Phi) is 6.35. The Labute approximate surface area is 192 Å². The van der Waals surface area contributed by atoms with Gasteiger partial charge in [0.25, 0.3) is 5.91 Å². The maximum Gasteiger partial charge on any atom is 0.272 e. The highest BCUT2D eigenvalue weighted by Crippen LogP contribution is 2.26. The zero-order valence-electron chi connectivity index (χ0n) is 18.2. The number of amidine groups is 1. The molecule has 0 aliphatic carbocycles. The van der Waals surface area contributed by atoms with Gasteiger partial charge in [0, 0.05) is 11.1 Å². The van der Waals surface area contributed by atoms with Crippen molar-refractivity contribution in [1.82, 2.24) is 5.32 Å². The summed E-state index contributed by atoms with van der Waals surface area (Å²) in [4.78, 5) is 13.3. The van der Waals surface area contributed by atoms with Gasteiger partial charge in [-0.25, -0.2) is 12.7 Å². The number of amides is 1. The van der Waals surface area contributed by atoms with Gasteiger partial charge in [0.05, 0.1) is 11.9 Å². The van der Waals surface area contributed by atoms with Crippen LogP contribution in [0.4, 0.5) is 5.69 Å². The minimum absolute atomic E-state index is 0.0850. The number of rotatable bonds is 6. The van der Waals surface area contributed by atoms with Gasteiger partial charge in [0.1, 0.15) is 17.7 Å². The minimum atomic E-state index is -3.90. The summed E-state index contributed by atoms with van der Waals surface area (Å²) in [5, 5.41) is 12.4. The molecule has 9 heteroatoms. The molecule has 33 heavy (non-hydrogen) atoms. The number of anilines is 1. The van der Waals surface area contributed by atoms with E-state index in [0.29, 0.717) is 16.7 Å². The number of piperidine rings is 1. The van der Waals surface area contributed by atoms with Gasteiger partial charge in [-0.1, -0.05) is 18.2 Å². The molecule has 0 aromatic heterocycles. The predicted molar refractivity (Wildman–Crippen MR) is 130 cm³/mol. The summed E-state index contributed by atoms with van der Waals surface area (Å²) < 4.78 is 31.9. The van der Waals surface area contributed by atoms with Gasteiger partial charge in [0.2, 0.25) is 10.0 Å². The maximum atomic E-state index is 13.3. The molecule has 4 rings (SSSR count). The Hall–Kier alpha value is -3.43. The fraction of sp³-hybridized carbons (Fsp3) is 0.250. The first kappa shape index (κ1) is 22.8. The fourth-order valence-electron chi connectivity index (χ4n) is 3.89. The van der Waals surface area contributed by atoms with E-state index in [4.69, 9.17) is 15.9 Å². The molecule has 1 fully saturated rings. The highest BCUT2D eigenvalue weighted by atomic mass is 32.2. The fourth-order valence-corrected chi connectivity index (χ4v) is 4.80. The molecule has 1 heterocycles. The summed E-state index contributed by atoms with van der Waals surface area (Å²) in [7, 11) is -3.90. The largest absolute Gasteiger partial charge is 0.490 e. The molecule has 0 bridgehead atoms. The molecular weight excluding hydrogens is 440 g/mol. The van der Waals surface area contributed by atoms with E-state index in [9.17, 15) is 13.2 Å². The molecular formula is C24H26N4O4S. The van der Waals surface area contributed by atoms with E-state index in [1.54, 1.807) is 60.7 Å². The second-order valence-electron chi connectivity index (χ2n) is 8.08. The lowest BCUT2D eigenvalue weighted by atomic mass is 10.0. The number of sulfonamides is 1. The molecule has 8 nitrogen and oxygen atoms in total. The highest BCUT2D eigenvalue weighted by molar-refractivity contribution is 7.92. The molecule has 172 valence electrons. The molecule has 1 amide bonds. The third-order valence-corrected chi connectivity index (χ3v) is 6.61. The monoisotopic (exact) mass is 466 g/mol. The lowest BCUT2D eigenvalue weighted by molar-refractivity contribution is 0.101. The Morgan fingerprint density at radius 3 is 2.21 bits per heavy atom. The second kappa shape index (κ2) is 9.21. The van der Waals surface area contributed by atoms with Crippen LogP contribution in [-0.2, 0) is 10.0 Å². The number of nitrogens with two attached hydrogens (primary N) is 1. The van der Waals surface area contributed by atoms with Crippen molar-refractivity contribution in [2.45, 2.75) is 18.9 Å². The maximum absolute atomic E-state index is 13.3. The zero-order chi connectivity index (χ0) is 23.6. The number of carbonyl (C=O) groups excluding carboxylic acids is 1. The molecule has 0 saturated carbocycles. The summed E-state index contributed by atoms with van der Waals surface area (Å²) >= 11 is 0. The van der Waals surface area contributed by atoms with Gasteiger partial charge in [0.15, 0.2) is 0 Å². The number of benzene rings is 3. The van der Waals surface area contributed by atoms with Crippen molar-refractivity contribution in [3.05, 3.63) is 71.8 Å². The van der Waals surface area contributed by atoms with Crippen LogP contribution in [-0.4, -0.2) is 45.6 Å². The molecule has 4 N–H and O–H groups in total. The first-order valence-corrected chi connectivity index (χ1v) is 12.5. The normalized spacial score (nSPS) is 14.7. The lowest BCUT2D eigenvalue weighted by Gasteiger charge is -2.24. The third-order valence-electron chi connectivity index (χ3n) is 5.57. The average Bonchev–Trinajstić information content (AvgIpc) is 2.79. The summed E-state index contributed by atoms with van der Waals surface area (Å²) in [6, 6.07) is 16.7. The van der Waals surface area contributed by atoms with Crippen LogP contribution in [0, 0.1) is 5.41 Å². The zero-order valence-corrected chi connectivity index (χ0v) is 19.1. The van der Waals surface area contributed by atoms with E-state index in [1.165, 1.54) is 0 Å². The van der Waals surface area contributed by atoms with Crippen LogP contribution in [0.5, 0.6) is 5.75 Å². The van der Waals surface area contributed by atoms with Crippen LogP contribution in [0.15, 0.2) is 60.7 Å². The summed E-state index contributed by atoms with van der Waals surface area (Å²) in [6.07, 6.45) is 2.92. The number of nitrogens with zero attached hydrogens (tertiary/aromatic N) is 1. The molecule has 0 spiro atoms. The number of hydrogen-bond acceptors (Lipinski definition) is 6. The van der Waals surface area contributed by atoms with Gasteiger partial charge in [-0.05, 0) is 79.2 Å².